The van der Waals surface area contributed by atoms with Crippen LogP contribution in [0, 0.1) is 0 Å². The van der Waals surface area contributed by atoms with Gasteiger partial charge in [-0.05, 0) is 19.1 Å². The molecule has 1 aromatic rings. The van der Waals surface area contributed by atoms with Gasteiger partial charge in [0.15, 0.2) is 0 Å². The van der Waals surface area contributed by atoms with Crippen molar-refractivity contribution in [2.75, 3.05) is 6.54 Å². The number of carbonyl (C=O) groups excluding carboxylic acids is 2. The maximum atomic E-state index is 11.4. The van der Waals surface area contributed by atoms with Crippen LogP contribution in [0.3, 0.4) is 0 Å². The topological polar surface area (TPSA) is 86.6 Å². The minimum absolute atomic E-state index is 0.0223. The molecular weight excluding hydrogens is 198 g/mol. The number of Topliss-reactive ketones (excluding diaryl/α,β-unsaturated/α-hetero) is 1. The number of benzene rings is 1. The monoisotopic (exact) mass is 209 g/mol. The number of rotatable bonds is 3. The molecule has 0 bridgehead atoms. The summed E-state index contributed by atoms with van der Waals surface area (Å²) in [6.07, 6.45) is 0. The molecular formula is C10H11NO4. The first-order valence-corrected chi connectivity index (χ1v) is 4.30. The van der Waals surface area contributed by atoms with E-state index in [-0.39, 0.29) is 29.4 Å². The van der Waals surface area contributed by atoms with Crippen molar-refractivity contribution in [2.24, 2.45) is 0 Å². The Hall–Kier alpha value is -2.04. The second kappa shape index (κ2) is 4.45. The molecule has 0 saturated heterocycles. The number of ketones is 1. The van der Waals surface area contributed by atoms with E-state index in [4.69, 9.17) is 5.11 Å². The highest BCUT2D eigenvalue weighted by Crippen LogP contribution is 2.22. The van der Waals surface area contributed by atoms with E-state index in [1.807, 2.05) is 0 Å². The molecule has 0 unspecified atom stereocenters. The molecule has 1 aromatic carbocycles. The Bertz CT molecular complexity index is 400. The fraction of sp³-hybridized carbons (Fsp3) is 0.200. The Morgan fingerprint density at radius 3 is 2.53 bits per heavy atom. The molecule has 15 heavy (non-hydrogen) atoms. The van der Waals surface area contributed by atoms with E-state index in [0.717, 1.165) is 6.07 Å². The lowest BCUT2D eigenvalue weighted by Gasteiger charge is -2.05. The minimum atomic E-state index is -0.553. The van der Waals surface area contributed by atoms with E-state index in [9.17, 15) is 14.7 Å². The molecule has 0 aromatic heterocycles. The van der Waals surface area contributed by atoms with Gasteiger partial charge < -0.3 is 15.5 Å². The van der Waals surface area contributed by atoms with Crippen LogP contribution in [-0.2, 0) is 4.79 Å². The maximum Gasteiger partial charge on any atom is 0.255 e. The third kappa shape index (κ3) is 2.98. The van der Waals surface area contributed by atoms with Gasteiger partial charge in [0.2, 0.25) is 0 Å². The molecule has 0 aliphatic rings. The van der Waals surface area contributed by atoms with Gasteiger partial charge in [0.05, 0.1) is 12.1 Å². The highest BCUT2D eigenvalue weighted by Gasteiger charge is 2.11. The second-order valence-corrected chi connectivity index (χ2v) is 3.09. The number of nitrogens with one attached hydrogen (secondary N) is 1. The summed E-state index contributed by atoms with van der Waals surface area (Å²) in [6.45, 7) is 1.26. The van der Waals surface area contributed by atoms with Gasteiger partial charge in [-0.1, -0.05) is 0 Å². The predicted octanol–water partition coefficient (Wildman–Crippen LogP) is 0.417. The van der Waals surface area contributed by atoms with Crippen molar-refractivity contribution < 1.29 is 19.8 Å². The normalized spacial score (nSPS) is 9.67. The number of aromatic hydroxyl groups is 2. The Balaban J connectivity index is 2.78. The summed E-state index contributed by atoms with van der Waals surface area (Å²) in [4.78, 5) is 22.0. The lowest BCUT2D eigenvalue weighted by atomic mass is 10.2. The molecule has 5 heteroatoms. The van der Waals surface area contributed by atoms with Crippen molar-refractivity contribution in [1.29, 1.82) is 0 Å². The molecule has 5 nitrogen and oxygen atoms in total. The van der Waals surface area contributed by atoms with Crippen LogP contribution >= 0.6 is 0 Å². The molecule has 0 saturated carbocycles. The van der Waals surface area contributed by atoms with Crippen LogP contribution < -0.4 is 5.32 Å². The highest BCUT2D eigenvalue weighted by atomic mass is 16.3. The molecule has 0 spiro atoms. The van der Waals surface area contributed by atoms with Crippen LogP contribution in [0.25, 0.3) is 0 Å². The van der Waals surface area contributed by atoms with Gasteiger partial charge in [-0.15, -0.1) is 0 Å². The van der Waals surface area contributed by atoms with E-state index in [0.29, 0.717) is 0 Å². The van der Waals surface area contributed by atoms with Gasteiger partial charge in [-0.2, -0.15) is 0 Å². The first-order chi connectivity index (χ1) is 7.00. The van der Waals surface area contributed by atoms with Crippen LogP contribution in [-0.4, -0.2) is 28.4 Å². The van der Waals surface area contributed by atoms with Crippen LogP contribution in [0.1, 0.15) is 17.3 Å². The number of amides is 1. The third-order valence-electron chi connectivity index (χ3n) is 1.72. The van der Waals surface area contributed by atoms with Crippen molar-refractivity contribution >= 4 is 11.7 Å². The molecule has 0 aliphatic carbocycles. The zero-order valence-electron chi connectivity index (χ0n) is 8.15. The summed E-state index contributed by atoms with van der Waals surface area (Å²) in [5.41, 5.74) is 0.0223. The molecule has 0 radical (unpaired) electrons. The summed E-state index contributed by atoms with van der Waals surface area (Å²) >= 11 is 0. The highest BCUT2D eigenvalue weighted by molar-refractivity contribution is 5.98. The van der Waals surface area contributed by atoms with Crippen LogP contribution in [0.4, 0.5) is 0 Å². The minimum Gasteiger partial charge on any atom is -0.508 e. The zero-order chi connectivity index (χ0) is 11.4. The van der Waals surface area contributed by atoms with Crippen molar-refractivity contribution in [1.82, 2.24) is 5.32 Å². The average molecular weight is 209 g/mol. The lowest BCUT2D eigenvalue weighted by molar-refractivity contribution is -0.116. The summed E-state index contributed by atoms with van der Waals surface area (Å²) in [6, 6.07) is 3.62. The molecule has 0 atom stereocenters. The Kier molecular flexibility index (Phi) is 3.28. The fourth-order valence-electron chi connectivity index (χ4n) is 1.01. The van der Waals surface area contributed by atoms with Crippen molar-refractivity contribution in [3.05, 3.63) is 23.8 Å². The predicted molar refractivity (Wildman–Crippen MR) is 52.8 cm³/mol. The third-order valence-corrected chi connectivity index (χ3v) is 1.72. The number of carbonyl (C=O) groups is 2. The standard InChI is InChI=1S/C10H11NO4/c1-6(12)5-11-10(15)8-3-2-7(13)4-9(8)14/h2-4,13-14H,5H2,1H3,(H,11,15). The smallest absolute Gasteiger partial charge is 0.255 e. The second-order valence-electron chi connectivity index (χ2n) is 3.09. The van der Waals surface area contributed by atoms with Crippen LogP contribution in [0.15, 0.2) is 18.2 Å². The average Bonchev–Trinajstić information content (AvgIpc) is 2.14. The van der Waals surface area contributed by atoms with Crippen molar-refractivity contribution in [3.63, 3.8) is 0 Å². The first kappa shape index (κ1) is 11.0. The van der Waals surface area contributed by atoms with Gasteiger partial charge in [-0.3, -0.25) is 9.59 Å². The van der Waals surface area contributed by atoms with Gasteiger partial charge >= 0.3 is 0 Å². The Labute approximate surface area is 86.4 Å². The molecule has 80 valence electrons. The van der Waals surface area contributed by atoms with Gasteiger partial charge in [0.1, 0.15) is 17.3 Å². The largest absolute Gasteiger partial charge is 0.508 e. The summed E-state index contributed by atoms with van der Waals surface area (Å²) in [5, 5.41) is 20.6. The van der Waals surface area contributed by atoms with Crippen molar-refractivity contribution in [2.45, 2.75) is 6.92 Å². The quantitative estimate of drug-likeness (QED) is 0.673. The SMILES string of the molecule is CC(=O)CNC(=O)c1ccc(O)cc1O. The van der Waals surface area contributed by atoms with Crippen LogP contribution in [0.5, 0.6) is 11.5 Å². The lowest BCUT2D eigenvalue weighted by Crippen LogP contribution is -2.28. The van der Waals surface area contributed by atoms with Gasteiger partial charge in [0.25, 0.3) is 5.91 Å². The van der Waals surface area contributed by atoms with E-state index < -0.39 is 5.91 Å². The zero-order valence-corrected chi connectivity index (χ0v) is 8.15. The molecule has 0 aliphatic heterocycles. The maximum absolute atomic E-state index is 11.4. The first-order valence-electron chi connectivity index (χ1n) is 4.30. The van der Waals surface area contributed by atoms with Gasteiger partial charge in [-0.25, -0.2) is 0 Å². The summed E-state index contributed by atoms with van der Waals surface area (Å²) in [5.74, 6) is -1.18. The summed E-state index contributed by atoms with van der Waals surface area (Å²) in [7, 11) is 0. The molecule has 1 rings (SSSR count). The van der Waals surface area contributed by atoms with Crippen molar-refractivity contribution in [3.8, 4) is 11.5 Å². The molecule has 3 N–H and O–H groups in total. The van der Waals surface area contributed by atoms with E-state index in [2.05, 4.69) is 5.32 Å². The van der Waals surface area contributed by atoms with E-state index in [1.54, 1.807) is 0 Å². The number of hydrogen-bond acceptors (Lipinski definition) is 4. The van der Waals surface area contributed by atoms with E-state index in [1.165, 1.54) is 19.1 Å². The molecule has 0 heterocycles. The number of phenolic OH excluding ortho intramolecular Hbond substituents is 2. The fourth-order valence-corrected chi connectivity index (χ4v) is 1.01. The molecule has 0 fully saturated rings. The number of phenols is 2. The number of hydrogen-bond donors (Lipinski definition) is 3. The summed E-state index contributed by atoms with van der Waals surface area (Å²) < 4.78 is 0. The Morgan fingerprint density at radius 1 is 1.33 bits per heavy atom. The Morgan fingerprint density at radius 2 is 2.00 bits per heavy atom. The van der Waals surface area contributed by atoms with E-state index >= 15 is 0 Å². The molecule has 1 amide bonds. The van der Waals surface area contributed by atoms with Gasteiger partial charge in [0, 0.05) is 6.07 Å². The van der Waals surface area contributed by atoms with Crippen LogP contribution in [0.2, 0.25) is 0 Å².